The Bertz CT molecular complexity index is 467. The van der Waals surface area contributed by atoms with Gasteiger partial charge in [0.2, 0.25) is 0 Å². The molecule has 0 spiro atoms. The van der Waals surface area contributed by atoms with Crippen LogP contribution in [0.1, 0.15) is 0 Å². The lowest BCUT2D eigenvalue weighted by molar-refractivity contribution is 0.841. The van der Waals surface area contributed by atoms with Crippen molar-refractivity contribution in [3.8, 4) is 5.82 Å². The van der Waals surface area contributed by atoms with Crippen LogP contribution in [0.3, 0.4) is 0 Å². The van der Waals surface area contributed by atoms with Crippen molar-refractivity contribution < 1.29 is 0 Å². The third-order valence-corrected chi connectivity index (χ3v) is 2.12. The Labute approximate surface area is 89.5 Å². The molecule has 0 atom stereocenters. The molecule has 2 aromatic rings. The van der Waals surface area contributed by atoms with E-state index >= 15 is 0 Å². The first-order chi connectivity index (χ1) is 6.68. The molecule has 0 aliphatic carbocycles. The number of rotatable bonds is 1. The molecule has 72 valence electrons. The van der Waals surface area contributed by atoms with E-state index in [9.17, 15) is 0 Å². The molecule has 14 heavy (non-hydrogen) atoms. The van der Waals surface area contributed by atoms with Gasteiger partial charge in [0.05, 0.1) is 17.4 Å². The molecular formula is C7H5Cl2N5. The average Bonchev–Trinajstić information content (AvgIpc) is 2.57. The van der Waals surface area contributed by atoms with Crippen LogP contribution in [0, 0.1) is 0 Å². The average molecular weight is 230 g/mol. The molecule has 0 aliphatic rings. The Hall–Kier alpha value is -1.33. The van der Waals surface area contributed by atoms with E-state index in [1.807, 2.05) is 0 Å². The quantitative estimate of drug-likeness (QED) is 0.806. The van der Waals surface area contributed by atoms with Crippen LogP contribution in [-0.2, 0) is 0 Å². The predicted octanol–water partition coefficient (Wildman–Crippen LogP) is 1.55. The second-order valence-electron chi connectivity index (χ2n) is 2.50. The maximum Gasteiger partial charge on any atom is 0.177 e. The van der Waals surface area contributed by atoms with Crippen LogP contribution in [-0.4, -0.2) is 19.7 Å². The van der Waals surface area contributed by atoms with Gasteiger partial charge in [0.1, 0.15) is 17.2 Å². The monoisotopic (exact) mass is 229 g/mol. The molecule has 0 radical (unpaired) electrons. The summed E-state index contributed by atoms with van der Waals surface area (Å²) in [7, 11) is 0. The van der Waals surface area contributed by atoms with E-state index in [2.05, 4.69) is 15.1 Å². The zero-order chi connectivity index (χ0) is 10.1. The highest BCUT2D eigenvalue weighted by Gasteiger charge is 2.09. The second-order valence-corrected chi connectivity index (χ2v) is 3.31. The van der Waals surface area contributed by atoms with Crippen LogP contribution in [0.25, 0.3) is 5.82 Å². The largest absolute Gasteiger partial charge is 0.382 e. The van der Waals surface area contributed by atoms with Crippen molar-refractivity contribution in [2.75, 3.05) is 5.73 Å². The fourth-order valence-electron chi connectivity index (χ4n) is 0.950. The highest BCUT2D eigenvalue weighted by atomic mass is 35.5. The van der Waals surface area contributed by atoms with Crippen molar-refractivity contribution in [3.05, 3.63) is 28.8 Å². The van der Waals surface area contributed by atoms with Crippen LogP contribution in [0.5, 0.6) is 0 Å². The number of halogens is 2. The SMILES string of the molecule is Nc1ncnc(-n2cc(Cl)cn2)c1Cl. The summed E-state index contributed by atoms with van der Waals surface area (Å²) in [5.41, 5.74) is 5.51. The number of nitrogens with zero attached hydrogens (tertiary/aromatic N) is 4. The Kier molecular flexibility index (Phi) is 2.26. The molecule has 0 saturated heterocycles. The van der Waals surface area contributed by atoms with Crippen molar-refractivity contribution in [2.45, 2.75) is 0 Å². The molecule has 2 rings (SSSR count). The van der Waals surface area contributed by atoms with Crippen molar-refractivity contribution in [1.82, 2.24) is 19.7 Å². The van der Waals surface area contributed by atoms with Crippen LogP contribution in [0.2, 0.25) is 10.0 Å². The first-order valence-electron chi connectivity index (χ1n) is 3.65. The van der Waals surface area contributed by atoms with Gasteiger partial charge in [-0.1, -0.05) is 23.2 Å². The summed E-state index contributed by atoms with van der Waals surface area (Å²) in [6, 6.07) is 0. The van der Waals surface area contributed by atoms with Crippen LogP contribution < -0.4 is 5.73 Å². The number of anilines is 1. The van der Waals surface area contributed by atoms with E-state index in [0.717, 1.165) is 0 Å². The topological polar surface area (TPSA) is 69.6 Å². The van der Waals surface area contributed by atoms with E-state index in [-0.39, 0.29) is 10.8 Å². The molecule has 0 fully saturated rings. The molecule has 0 aliphatic heterocycles. The van der Waals surface area contributed by atoms with Crippen molar-refractivity contribution >= 4 is 29.0 Å². The standard InChI is InChI=1S/C7H5Cl2N5/c8-4-1-13-14(2-4)7-5(9)6(10)11-3-12-7/h1-3H,(H2,10,11,12). The molecule has 0 aromatic carbocycles. The predicted molar refractivity (Wildman–Crippen MR) is 53.6 cm³/mol. The molecule has 0 bridgehead atoms. The summed E-state index contributed by atoms with van der Waals surface area (Å²) in [6.07, 6.45) is 4.37. The Balaban J connectivity index is 2.57. The number of nitrogens with two attached hydrogens (primary N) is 1. The first kappa shape index (κ1) is 9.23. The molecule has 0 unspecified atom stereocenters. The molecule has 0 saturated carbocycles. The number of aromatic nitrogens is 4. The summed E-state index contributed by atoms with van der Waals surface area (Å²) < 4.78 is 1.43. The lowest BCUT2D eigenvalue weighted by Crippen LogP contribution is -2.02. The van der Waals surface area contributed by atoms with Gasteiger partial charge in [-0.25, -0.2) is 14.6 Å². The Morgan fingerprint density at radius 1 is 1.29 bits per heavy atom. The summed E-state index contributed by atoms with van der Waals surface area (Å²) in [5, 5.41) is 4.70. The third kappa shape index (κ3) is 1.51. The number of hydrogen-bond donors (Lipinski definition) is 1. The van der Waals surface area contributed by atoms with E-state index in [4.69, 9.17) is 28.9 Å². The van der Waals surface area contributed by atoms with Gasteiger partial charge in [-0.05, 0) is 0 Å². The van der Waals surface area contributed by atoms with E-state index in [1.54, 1.807) is 6.20 Å². The normalized spacial score (nSPS) is 10.4. The van der Waals surface area contributed by atoms with Crippen molar-refractivity contribution in [1.29, 1.82) is 0 Å². The molecule has 5 nitrogen and oxygen atoms in total. The fraction of sp³-hybridized carbons (Fsp3) is 0. The first-order valence-corrected chi connectivity index (χ1v) is 4.40. The van der Waals surface area contributed by atoms with Crippen LogP contribution in [0.15, 0.2) is 18.7 Å². The number of hydrogen-bond acceptors (Lipinski definition) is 4. The van der Waals surface area contributed by atoms with E-state index in [0.29, 0.717) is 10.8 Å². The fourth-order valence-corrected chi connectivity index (χ4v) is 1.27. The van der Waals surface area contributed by atoms with Crippen LogP contribution in [0.4, 0.5) is 5.82 Å². The summed E-state index contributed by atoms with van der Waals surface area (Å²) in [5.74, 6) is 0.620. The third-order valence-electron chi connectivity index (χ3n) is 1.57. The van der Waals surface area contributed by atoms with Gasteiger partial charge in [0, 0.05) is 0 Å². The molecular weight excluding hydrogens is 225 g/mol. The minimum absolute atomic E-state index is 0.211. The van der Waals surface area contributed by atoms with Crippen molar-refractivity contribution in [3.63, 3.8) is 0 Å². The van der Waals surface area contributed by atoms with E-state index < -0.39 is 0 Å². The van der Waals surface area contributed by atoms with Gasteiger partial charge >= 0.3 is 0 Å². The van der Waals surface area contributed by atoms with Gasteiger partial charge < -0.3 is 5.73 Å². The lowest BCUT2D eigenvalue weighted by Gasteiger charge is -2.03. The summed E-state index contributed by atoms with van der Waals surface area (Å²) in [4.78, 5) is 7.67. The number of nitrogen functional groups attached to an aromatic ring is 1. The second kappa shape index (κ2) is 3.43. The molecule has 7 heteroatoms. The highest BCUT2D eigenvalue weighted by Crippen LogP contribution is 2.22. The zero-order valence-electron chi connectivity index (χ0n) is 6.85. The molecule has 0 amide bonds. The van der Waals surface area contributed by atoms with Gasteiger partial charge in [-0.15, -0.1) is 0 Å². The Morgan fingerprint density at radius 2 is 2.07 bits per heavy atom. The summed E-state index contributed by atoms with van der Waals surface area (Å²) >= 11 is 11.6. The van der Waals surface area contributed by atoms with Gasteiger partial charge in [-0.2, -0.15) is 5.10 Å². The minimum Gasteiger partial charge on any atom is -0.382 e. The lowest BCUT2D eigenvalue weighted by atomic mass is 10.5. The summed E-state index contributed by atoms with van der Waals surface area (Å²) in [6.45, 7) is 0. The van der Waals surface area contributed by atoms with Gasteiger partial charge in [0.25, 0.3) is 0 Å². The molecule has 2 aromatic heterocycles. The van der Waals surface area contributed by atoms with E-state index in [1.165, 1.54) is 17.2 Å². The Morgan fingerprint density at radius 3 is 2.71 bits per heavy atom. The van der Waals surface area contributed by atoms with Gasteiger partial charge in [0.15, 0.2) is 5.82 Å². The highest BCUT2D eigenvalue weighted by molar-refractivity contribution is 6.34. The zero-order valence-corrected chi connectivity index (χ0v) is 8.37. The van der Waals surface area contributed by atoms with Gasteiger partial charge in [-0.3, -0.25) is 0 Å². The molecule has 2 heterocycles. The maximum absolute atomic E-state index is 5.88. The smallest absolute Gasteiger partial charge is 0.177 e. The van der Waals surface area contributed by atoms with Crippen LogP contribution >= 0.6 is 23.2 Å². The van der Waals surface area contributed by atoms with Crippen molar-refractivity contribution in [2.24, 2.45) is 0 Å². The maximum atomic E-state index is 5.88. The minimum atomic E-state index is 0.211. The molecule has 2 N–H and O–H groups in total.